The van der Waals surface area contributed by atoms with Crippen LogP contribution in [0.4, 0.5) is 8.78 Å². The molecule has 0 saturated carbocycles. The van der Waals surface area contributed by atoms with Gasteiger partial charge in [-0.25, -0.2) is 0 Å². The highest BCUT2D eigenvalue weighted by molar-refractivity contribution is 9.10. The standard InChI is InChI=1S/C13H18BrF2NO3/c1-13(2,18)7-17-6-8-4-9(14)11(20-12(15)16)10(5-8)19-3/h4-5,12,17-18H,6-7H2,1-3H3. The van der Waals surface area contributed by atoms with Gasteiger partial charge < -0.3 is 19.9 Å². The predicted octanol–water partition coefficient (Wildman–Crippen LogP) is 2.92. The lowest BCUT2D eigenvalue weighted by molar-refractivity contribution is -0.0517. The Morgan fingerprint density at radius 1 is 1.40 bits per heavy atom. The van der Waals surface area contributed by atoms with Crippen LogP contribution >= 0.6 is 15.9 Å². The first-order chi connectivity index (χ1) is 9.23. The largest absolute Gasteiger partial charge is 0.493 e. The zero-order chi connectivity index (χ0) is 15.3. The van der Waals surface area contributed by atoms with E-state index in [1.807, 2.05) is 0 Å². The van der Waals surface area contributed by atoms with Crippen LogP contribution in [-0.4, -0.2) is 31.0 Å². The van der Waals surface area contributed by atoms with Crippen molar-refractivity contribution in [1.29, 1.82) is 0 Å². The van der Waals surface area contributed by atoms with E-state index in [2.05, 4.69) is 26.0 Å². The van der Waals surface area contributed by atoms with Gasteiger partial charge in [-0.1, -0.05) is 0 Å². The van der Waals surface area contributed by atoms with Gasteiger partial charge in [0, 0.05) is 13.1 Å². The summed E-state index contributed by atoms with van der Waals surface area (Å²) in [6, 6.07) is 3.28. The van der Waals surface area contributed by atoms with Crippen LogP contribution in [0, 0.1) is 0 Å². The average molecular weight is 354 g/mol. The quantitative estimate of drug-likeness (QED) is 0.791. The summed E-state index contributed by atoms with van der Waals surface area (Å²) in [5.41, 5.74) is -0.000333. The van der Waals surface area contributed by atoms with Gasteiger partial charge in [0.2, 0.25) is 0 Å². The molecule has 1 aromatic rings. The molecule has 114 valence electrons. The molecule has 4 nitrogen and oxygen atoms in total. The third-order valence-corrected chi connectivity index (χ3v) is 2.97. The molecule has 0 bridgehead atoms. The molecule has 0 aliphatic heterocycles. The van der Waals surface area contributed by atoms with Crippen molar-refractivity contribution < 1.29 is 23.4 Å². The lowest BCUT2D eigenvalue weighted by Gasteiger charge is -2.18. The molecule has 0 saturated heterocycles. The highest BCUT2D eigenvalue weighted by atomic mass is 79.9. The molecule has 0 fully saturated rings. The van der Waals surface area contributed by atoms with Gasteiger partial charge in [0.05, 0.1) is 17.2 Å². The maximum absolute atomic E-state index is 12.3. The fourth-order valence-corrected chi connectivity index (χ4v) is 2.17. The van der Waals surface area contributed by atoms with E-state index >= 15 is 0 Å². The molecule has 0 aliphatic rings. The van der Waals surface area contributed by atoms with E-state index in [0.29, 0.717) is 17.6 Å². The summed E-state index contributed by atoms with van der Waals surface area (Å²) < 4.78 is 34.5. The second-order valence-corrected chi connectivity index (χ2v) is 5.76. The van der Waals surface area contributed by atoms with Crippen molar-refractivity contribution in [1.82, 2.24) is 5.32 Å². The van der Waals surface area contributed by atoms with E-state index in [1.165, 1.54) is 7.11 Å². The van der Waals surface area contributed by atoms with Crippen LogP contribution in [0.25, 0.3) is 0 Å². The zero-order valence-corrected chi connectivity index (χ0v) is 13.1. The fourth-order valence-electron chi connectivity index (χ4n) is 1.59. The SMILES string of the molecule is COc1cc(CNCC(C)(C)O)cc(Br)c1OC(F)F. The smallest absolute Gasteiger partial charge is 0.387 e. The summed E-state index contributed by atoms with van der Waals surface area (Å²) in [5.74, 6) is 0.188. The van der Waals surface area contributed by atoms with Crippen molar-refractivity contribution in [2.45, 2.75) is 32.6 Å². The minimum Gasteiger partial charge on any atom is -0.493 e. The Labute approximate surface area is 125 Å². The van der Waals surface area contributed by atoms with Crippen molar-refractivity contribution in [2.75, 3.05) is 13.7 Å². The number of benzene rings is 1. The fraction of sp³-hybridized carbons (Fsp3) is 0.538. The first-order valence-electron chi connectivity index (χ1n) is 5.97. The Bertz CT molecular complexity index is 450. The molecule has 0 spiro atoms. The third kappa shape index (κ3) is 5.60. The van der Waals surface area contributed by atoms with Gasteiger partial charge in [0.1, 0.15) is 0 Å². The number of halogens is 3. The minimum absolute atomic E-state index is 0.0336. The molecule has 0 aliphatic carbocycles. The van der Waals surface area contributed by atoms with Crippen molar-refractivity contribution >= 4 is 15.9 Å². The normalized spacial score (nSPS) is 11.8. The molecule has 20 heavy (non-hydrogen) atoms. The molecule has 0 radical (unpaired) electrons. The maximum atomic E-state index is 12.3. The van der Waals surface area contributed by atoms with Gasteiger partial charge >= 0.3 is 6.61 Å². The molecule has 1 rings (SSSR count). The van der Waals surface area contributed by atoms with E-state index in [9.17, 15) is 13.9 Å². The van der Waals surface area contributed by atoms with Gasteiger partial charge in [-0.3, -0.25) is 0 Å². The number of aliphatic hydroxyl groups is 1. The Morgan fingerprint density at radius 3 is 2.55 bits per heavy atom. The molecule has 7 heteroatoms. The monoisotopic (exact) mass is 353 g/mol. The van der Waals surface area contributed by atoms with Crippen LogP contribution in [0.3, 0.4) is 0 Å². The van der Waals surface area contributed by atoms with E-state index in [-0.39, 0.29) is 11.5 Å². The van der Waals surface area contributed by atoms with Crippen LogP contribution in [0.2, 0.25) is 0 Å². The summed E-state index contributed by atoms with van der Waals surface area (Å²) in [5, 5.41) is 12.7. The minimum atomic E-state index is -2.92. The third-order valence-electron chi connectivity index (χ3n) is 2.38. The summed E-state index contributed by atoms with van der Waals surface area (Å²) in [6.07, 6.45) is 0. The molecule has 0 heterocycles. The van der Waals surface area contributed by atoms with Crippen molar-refractivity contribution in [2.24, 2.45) is 0 Å². The number of rotatable bonds is 7. The van der Waals surface area contributed by atoms with Gasteiger partial charge in [0.25, 0.3) is 0 Å². The topological polar surface area (TPSA) is 50.7 Å². The number of hydrogen-bond donors (Lipinski definition) is 2. The molecular weight excluding hydrogens is 336 g/mol. The second kappa shape index (κ2) is 7.19. The van der Waals surface area contributed by atoms with Crippen LogP contribution in [0.15, 0.2) is 16.6 Å². The van der Waals surface area contributed by atoms with Crippen LogP contribution < -0.4 is 14.8 Å². The van der Waals surface area contributed by atoms with E-state index in [4.69, 9.17) is 4.74 Å². The van der Waals surface area contributed by atoms with E-state index in [0.717, 1.165) is 5.56 Å². The lowest BCUT2D eigenvalue weighted by Crippen LogP contribution is -2.34. The summed E-state index contributed by atoms with van der Waals surface area (Å²) in [4.78, 5) is 0. The summed E-state index contributed by atoms with van der Waals surface area (Å²) >= 11 is 3.18. The van der Waals surface area contributed by atoms with Crippen molar-refractivity contribution in [3.8, 4) is 11.5 Å². The first kappa shape index (κ1) is 17.1. The molecule has 2 N–H and O–H groups in total. The van der Waals surface area contributed by atoms with Gasteiger partial charge in [-0.05, 0) is 47.5 Å². The highest BCUT2D eigenvalue weighted by Gasteiger charge is 2.16. The number of ether oxygens (including phenoxy) is 2. The average Bonchev–Trinajstić information content (AvgIpc) is 2.30. The number of hydrogen-bond acceptors (Lipinski definition) is 4. The molecule has 0 unspecified atom stereocenters. The number of methoxy groups -OCH3 is 1. The van der Waals surface area contributed by atoms with Crippen LogP contribution in [-0.2, 0) is 6.54 Å². The Hall–Kier alpha value is -0.920. The maximum Gasteiger partial charge on any atom is 0.387 e. The predicted molar refractivity (Wildman–Crippen MR) is 75.3 cm³/mol. The Balaban J connectivity index is 2.82. The molecule has 0 amide bonds. The zero-order valence-electron chi connectivity index (χ0n) is 11.5. The van der Waals surface area contributed by atoms with Crippen molar-refractivity contribution in [3.05, 3.63) is 22.2 Å². The molecule has 0 atom stereocenters. The van der Waals surface area contributed by atoms with E-state index in [1.54, 1.807) is 26.0 Å². The van der Waals surface area contributed by atoms with Gasteiger partial charge in [-0.2, -0.15) is 8.78 Å². The Kier molecular flexibility index (Phi) is 6.16. The lowest BCUT2D eigenvalue weighted by atomic mass is 10.1. The van der Waals surface area contributed by atoms with Crippen LogP contribution in [0.1, 0.15) is 19.4 Å². The van der Waals surface area contributed by atoms with Gasteiger partial charge in [0.15, 0.2) is 11.5 Å². The number of alkyl halides is 2. The Morgan fingerprint density at radius 2 is 2.05 bits per heavy atom. The summed E-state index contributed by atoms with van der Waals surface area (Å²) in [6.45, 7) is 1.34. The second-order valence-electron chi connectivity index (χ2n) is 4.90. The molecule has 1 aromatic carbocycles. The summed E-state index contributed by atoms with van der Waals surface area (Å²) in [7, 11) is 1.38. The number of nitrogens with one attached hydrogen (secondary N) is 1. The van der Waals surface area contributed by atoms with Crippen LogP contribution in [0.5, 0.6) is 11.5 Å². The molecular formula is C13H18BrF2NO3. The van der Waals surface area contributed by atoms with Crippen molar-refractivity contribution in [3.63, 3.8) is 0 Å². The van der Waals surface area contributed by atoms with E-state index < -0.39 is 12.2 Å². The van der Waals surface area contributed by atoms with Gasteiger partial charge in [-0.15, -0.1) is 0 Å². The highest BCUT2D eigenvalue weighted by Crippen LogP contribution is 2.37. The first-order valence-corrected chi connectivity index (χ1v) is 6.76. The molecule has 0 aromatic heterocycles.